The summed E-state index contributed by atoms with van der Waals surface area (Å²) in [6.07, 6.45) is 14.4. The van der Waals surface area contributed by atoms with E-state index in [1.54, 1.807) is 0 Å². The van der Waals surface area contributed by atoms with Gasteiger partial charge in [-0.3, -0.25) is 0 Å². The van der Waals surface area contributed by atoms with Gasteiger partial charge in [0.1, 0.15) is 6.61 Å². The summed E-state index contributed by atoms with van der Waals surface area (Å²) in [5, 5.41) is 2.65. The number of unbranched alkanes of at least 4 members (excludes halogenated alkanes) is 10. The van der Waals surface area contributed by atoms with Gasteiger partial charge < -0.3 is 57.4 Å². The largest absolute Gasteiger partial charge is 0.445 e. The third kappa shape index (κ3) is 39.8. The van der Waals surface area contributed by atoms with Gasteiger partial charge in [0, 0.05) is 13.2 Å². The molecule has 1 aromatic carbocycles. The average Bonchev–Trinajstić information content (AvgIpc) is 3.19. The van der Waals surface area contributed by atoms with Gasteiger partial charge in [-0.25, -0.2) is 4.79 Å². The standard InChI is InChI=1S/C41H75NO12/c1-2-3-4-5-6-7-8-9-10-11-15-19-44-21-23-46-25-27-48-29-31-50-33-35-52-37-38-53-36-34-51-32-30-49-28-26-47-24-22-45-20-18-42-41(43)54-39-40-16-13-12-14-17-40/h12-14,16-17H,2-11,15,18-39H2,1H3,(H,42,43). The molecule has 54 heavy (non-hydrogen) atoms. The molecule has 0 fully saturated rings. The van der Waals surface area contributed by atoms with Crippen molar-refractivity contribution in [2.24, 2.45) is 0 Å². The molecule has 0 bridgehead atoms. The van der Waals surface area contributed by atoms with Crippen LogP contribution in [0.3, 0.4) is 0 Å². The van der Waals surface area contributed by atoms with Gasteiger partial charge in [0.05, 0.1) is 126 Å². The minimum atomic E-state index is -0.466. The van der Waals surface area contributed by atoms with Crippen LogP contribution >= 0.6 is 0 Å². The van der Waals surface area contributed by atoms with Crippen LogP contribution in [0.2, 0.25) is 0 Å². The van der Waals surface area contributed by atoms with Crippen LogP contribution in [0.1, 0.15) is 83.1 Å². The minimum absolute atomic E-state index is 0.240. The first-order valence-corrected chi connectivity index (χ1v) is 20.5. The fraction of sp³-hybridized carbons (Fsp3) is 0.829. The van der Waals surface area contributed by atoms with Crippen LogP contribution in [0.4, 0.5) is 4.79 Å². The molecule has 0 unspecified atom stereocenters. The first-order chi connectivity index (χ1) is 26.8. The van der Waals surface area contributed by atoms with Gasteiger partial charge in [-0.15, -0.1) is 0 Å². The lowest BCUT2D eigenvalue weighted by Crippen LogP contribution is -2.28. The fourth-order valence-electron chi connectivity index (χ4n) is 4.95. The number of amides is 1. The Hall–Kier alpha value is -1.91. The van der Waals surface area contributed by atoms with Gasteiger partial charge in [0.25, 0.3) is 0 Å². The molecule has 0 heterocycles. The highest BCUT2D eigenvalue weighted by Gasteiger charge is 2.02. The molecule has 1 N–H and O–H groups in total. The molecule has 1 amide bonds. The van der Waals surface area contributed by atoms with Crippen molar-refractivity contribution < 1.29 is 56.9 Å². The van der Waals surface area contributed by atoms with Crippen LogP contribution in [0.25, 0.3) is 0 Å². The van der Waals surface area contributed by atoms with Crippen molar-refractivity contribution in [3.63, 3.8) is 0 Å². The van der Waals surface area contributed by atoms with Crippen molar-refractivity contribution in [1.82, 2.24) is 5.32 Å². The summed E-state index contributed by atoms with van der Waals surface area (Å²) in [5.74, 6) is 0. The molecule has 0 aromatic heterocycles. The van der Waals surface area contributed by atoms with Gasteiger partial charge in [-0.2, -0.15) is 0 Å². The predicted octanol–water partition coefficient (Wildman–Crippen LogP) is 6.39. The van der Waals surface area contributed by atoms with Crippen molar-refractivity contribution in [3.05, 3.63) is 35.9 Å². The van der Waals surface area contributed by atoms with Crippen LogP contribution in [-0.4, -0.2) is 145 Å². The molecule has 0 radical (unpaired) electrons. The summed E-state index contributed by atoms with van der Waals surface area (Å²) in [4.78, 5) is 11.7. The summed E-state index contributed by atoms with van der Waals surface area (Å²) in [6.45, 7) is 13.4. The molecule has 13 heteroatoms. The first kappa shape index (κ1) is 50.1. The summed E-state index contributed by atoms with van der Waals surface area (Å²) in [5.41, 5.74) is 0.940. The SMILES string of the molecule is CCCCCCCCCCCCCOCCOCCOCCOCCOCCOCCOCCOCCOCCOCCNC(=O)OCc1ccccc1. The number of carbonyl (C=O) groups excluding carboxylic acids is 1. The number of ether oxygens (including phenoxy) is 11. The number of nitrogens with one attached hydrogen (secondary N) is 1. The smallest absolute Gasteiger partial charge is 0.407 e. The Bertz CT molecular complexity index is 870. The zero-order valence-electron chi connectivity index (χ0n) is 33.6. The molecule has 0 spiro atoms. The van der Waals surface area contributed by atoms with Crippen LogP contribution in [0.15, 0.2) is 30.3 Å². The van der Waals surface area contributed by atoms with E-state index in [1.807, 2.05) is 30.3 Å². The number of hydrogen-bond acceptors (Lipinski definition) is 12. The van der Waals surface area contributed by atoms with Gasteiger partial charge in [0.15, 0.2) is 0 Å². The van der Waals surface area contributed by atoms with Gasteiger partial charge >= 0.3 is 6.09 Å². The van der Waals surface area contributed by atoms with Crippen LogP contribution in [-0.2, 0) is 58.7 Å². The second kappa shape index (κ2) is 43.8. The molecular formula is C41H75NO12. The molecule has 0 saturated carbocycles. The molecule has 316 valence electrons. The lowest BCUT2D eigenvalue weighted by atomic mass is 10.1. The maximum Gasteiger partial charge on any atom is 0.407 e. The third-order valence-corrected chi connectivity index (χ3v) is 7.97. The van der Waals surface area contributed by atoms with Crippen LogP contribution in [0.5, 0.6) is 0 Å². The molecule has 1 aromatic rings. The topological polar surface area (TPSA) is 131 Å². The monoisotopic (exact) mass is 774 g/mol. The molecule has 0 aliphatic carbocycles. The normalized spacial score (nSPS) is 11.4. The van der Waals surface area contributed by atoms with Gasteiger partial charge in [-0.1, -0.05) is 101 Å². The highest BCUT2D eigenvalue weighted by Crippen LogP contribution is 2.11. The Morgan fingerprint density at radius 1 is 0.407 bits per heavy atom. The number of alkyl carbamates (subject to hydrolysis) is 1. The summed E-state index contributed by atoms with van der Waals surface area (Å²) < 4.78 is 60.3. The Labute approximate surface area is 326 Å². The lowest BCUT2D eigenvalue weighted by Gasteiger charge is -2.09. The Balaban J connectivity index is 1.62. The maximum atomic E-state index is 11.7. The number of benzene rings is 1. The zero-order chi connectivity index (χ0) is 38.5. The van der Waals surface area contributed by atoms with Crippen LogP contribution in [0, 0.1) is 0 Å². The number of hydrogen-bond donors (Lipinski definition) is 1. The lowest BCUT2D eigenvalue weighted by molar-refractivity contribution is -0.0264. The number of rotatable bonds is 44. The van der Waals surface area contributed by atoms with E-state index in [4.69, 9.17) is 52.1 Å². The Morgan fingerprint density at radius 2 is 0.722 bits per heavy atom. The van der Waals surface area contributed by atoms with E-state index < -0.39 is 6.09 Å². The predicted molar refractivity (Wildman–Crippen MR) is 209 cm³/mol. The van der Waals surface area contributed by atoms with E-state index >= 15 is 0 Å². The van der Waals surface area contributed by atoms with E-state index in [0.29, 0.717) is 132 Å². The number of carbonyl (C=O) groups is 1. The molecular weight excluding hydrogens is 698 g/mol. The minimum Gasteiger partial charge on any atom is -0.445 e. The highest BCUT2D eigenvalue weighted by atomic mass is 16.6. The quantitative estimate of drug-likeness (QED) is 0.0738. The second-order valence-corrected chi connectivity index (χ2v) is 12.6. The Morgan fingerprint density at radius 3 is 1.09 bits per heavy atom. The summed E-state index contributed by atoms with van der Waals surface area (Å²) in [7, 11) is 0. The average molecular weight is 774 g/mol. The highest BCUT2D eigenvalue weighted by molar-refractivity contribution is 5.67. The van der Waals surface area contributed by atoms with Gasteiger partial charge in [0.2, 0.25) is 0 Å². The maximum absolute atomic E-state index is 11.7. The summed E-state index contributed by atoms with van der Waals surface area (Å²) in [6, 6.07) is 9.52. The third-order valence-electron chi connectivity index (χ3n) is 7.97. The van der Waals surface area contributed by atoms with Crippen molar-refractivity contribution in [2.75, 3.05) is 139 Å². The molecule has 1 rings (SSSR count). The molecule has 0 aliphatic heterocycles. The van der Waals surface area contributed by atoms with Crippen molar-refractivity contribution in [1.29, 1.82) is 0 Å². The van der Waals surface area contributed by atoms with E-state index in [0.717, 1.165) is 18.6 Å². The Kier molecular flexibility index (Phi) is 40.7. The van der Waals surface area contributed by atoms with E-state index in [9.17, 15) is 4.79 Å². The molecule has 13 nitrogen and oxygen atoms in total. The molecule has 0 saturated heterocycles. The first-order valence-electron chi connectivity index (χ1n) is 20.5. The molecule has 0 aliphatic rings. The van der Waals surface area contributed by atoms with E-state index in [-0.39, 0.29) is 6.61 Å². The zero-order valence-corrected chi connectivity index (χ0v) is 33.6. The van der Waals surface area contributed by atoms with Crippen molar-refractivity contribution in [3.8, 4) is 0 Å². The summed E-state index contributed by atoms with van der Waals surface area (Å²) >= 11 is 0. The van der Waals surface area contributed by atoms with Crippen LogP contribution < -0.4 is 5.32 Å². The van der Waals surface area contributed by atoms with Crippen molar-refractivity contribution >= 4 is 6.09 Å². The second-order valence-electron chi connectivity index (χ2n) is 12.6. The molecule has 0 atom stereocenters. The van der Waals surface area contributed by atoms with E-state index in [1.165, 1.54) is 64.2 Å². The van der Waals surface area contributed by atoms with E-state index in [2.05, 4.69) is 12.2 Å². The fourth-order valence-corrected chi connectivity index (χ4v) is 4.95. The van der Waals surface area contributed by atoms with Gasteiger partial charge in [-0.05, 0) is 12.0 Å². The van der Waals surface area contributed by atoms with Crippen molar-refractivity contribution in [2.45, 2.75) is 84.2 Å².